The van der Waals surface area contributed by atoms with Crippen LogP contribution in [0.1, 0.15) is 11.4 Å². The first-order valence-corrected chi connectivity index (χ1v) is 7.34. The fourth-order valence-electron chi connectivity index (χ4n) is 1.79. The molecule has 0 aromatic carbocycles. The lowest BCUT2D eigenvalue weighted by Crippen LogP contribution is -2.41. The van der Waals surface area contributed by atoms with E-state index in [0.29, 0.717) is 39.3 Å². The molecule has 1 aliphatic heterocycles. The molecule has 0 unspecified atom stereocenters. The van der Waals surface area contributed by atoms with E-state index >= 15 is 0 Å². The number of rotatable bonds is 5. The first-order valence-electron chi connectivity index (χ1n) is 6.46. The van der Waals surface area contributed by atoms with Gasteiger partial charge in [-0.25, -0.2) is 4.98 Å². The molecule has 1 aromatic rings. The Bertz CT molecular complexity index is 467. The first kappa shape index (κ1) is 14.7. The van der Waals surface area contributed by atoms with Gasteiger partial charge in [-0.3, -0.25) is 9.59 Å². The van der Waals surface area contributed by atoms with Gasteiger partial charge >= 0.3 is 0 Å². The number of hydrogen-bond donors (Lipinski definition) is 1. The molecule has 0 radical (unpaired) electrons. The average molecular weight is 295 g/mol. The minimum atomic E-state index is -0.213. The fraction of sp³-hybridized carbons (Fsp3) is 0.462. The molecule has 1 aromatic heterocycles. The molecule has 108 valence electrons. The molecule has 6 nitrogen and oxygen atoms in total. The van der Waals surface area contributed by atoms with Crippen molar-refractivity contribution < 1.29 is 14.3 Å². The third-order valence-electron chi connectivity index (χ3n) is 2.83. The third-order valence-corrected chi connectivity index (χ3v) is 3.57. The largest absolute Gasteiger partial charge is 0.378 e. The topological polar surface area (TPSA) is 71.5 Å². The average Bonchev–Trinajstić information content (AvgIpc) is 2.99. The summed E-state index contributed by atoms with van der Waals surface area (Å²) in [6.07, 6.45) is 5.09. The van der Waals surface area contributed by atoms with Gasteiger partial charge in [-0.05, 0) is 6.08 Å². The van der Waals surface area contributed by atoms with E-state index in [9.17, 15) is 9.59 Å². The SMILES string of the molecule is O=C(/C=C/c1nccs1)NCCC(=O)N1CCOCC1. The second kappa shape index (κ2) is 7.76. The van der Waals surface area contributed by atoms with Gasteiger partial charge < -0.3 is 15.0 Å². The quantitative estimate of drug-likeness (QED) is 0.804. The van der Waals surface area contributed by atoms with Crippen LogP contribution in [0.3, 0.4) is 0 Å². The number of hydrogen-bond acceptors (Lipinski definition) is 5. The minimum Gasteiger partial charge on any atom is -0.378 e. The standard InChI is InChI=1S/C13H17N3O3S/c17-11(1-2-12-15-5-10-20-12)14-4-3-13(18)16-6-8-19-9-7-16/h1-2,5,10H,3-4,6-9H2,(H,14,17)/b2-1+. The van der Waals surface area contributed by atoms with Gasteiger partial charge in [-0.2, -0.15) is 0 Å². The lowest BCUT2D eigenvalue weighted by atomic mass is 10.3. The van der Waals surface area contributed by atoms with E-state index in [4.69, 9.17) is 4.74 Å². The normalized spacial score (nSPS) is 15.5. The molecule has 2 heterocycles. The molecule has 1 fully saturated rings. The van der Waals surface area contributed by atoms with Gasteiger partial charge in [0.05, 0.1) is 13.2 Å². The molecule has 0 aliphatic carbocycles. The highest BCUT2D eigenvalue weighted by Crippen LogP contribution is 2.05. The second-order valence-corrected chi connectivity index (χ2v) is 5.16. The zero-order valence-corrected chi connectivity index (χ0v) is 11.9. The van der Waals surface area contributed by atoms with Gasteiger partial charge in [0.25, 0.3) is 0 Å². The van der Waals surface area contributed by atoms with Crippen LogP contribution in [0.15, 0.2) is 17.7 Å². The molecule has 0 bridgehead atoms. The van der Waals surface area contributed by atoms with E-state index < -0.39 is 0 Å². The van der Waals surface area contributed by atoms with Gasteiger partial charge in [0.2, 0.25) is 11.8 Å². The van der Waals surface area contributed by atoms with Crippen LogP contribution >= 0.6 is 11.3 Å². The van der Waals surface area contributed by atoms with Crippen LogP contribution in [-0.2, 0) is 14.3 Å². The van der Waals surface area contributed by atoms with E-state index in [0.717, 1.165) is 5.01 Å². The number of thiazole rings is 1. The van der Waals surface area contributed by atoms with E-state index in [1.165, 1.54) is 17.4 Å². The Kier molecular flexibility index (Phi) is 5.69. The van der Waals surface area contributed by atoms with E-state index in [1.807, 2.05) is 5.38 Å². The molecular weight excluding hydrogens is 278 g/mol. The van der Waals surface area contributed by atoms with Gasteiger partial charge in [0.15, 0.2) is 0 Å². The Morgan fingerprint density at radius 3 is 2.95 bits per heavy atom. The number of ether oxygens (including phenoxy) is 1. The summed E-state index contributed by atoms with van der Waals surface area (Å²) in [7, 11) is 0. The highest BCUT2D eigenvalue weighted by molar-refractivity contribution is 7.10. The highest BCUT2D eigenvalue weighted by atomic mass is 32.1. The second-order valence-electron chi connectivity index (χ2n) is 4.24. The molecular formula is C13H17N3O3S. The van der Waals surface area contributed by atoms with E-state index in [1.54, 1.807) is 17.2 Å². The highest BCUT2D eigenvalue weighted by Gasteiger charge is 2.16. The molecule has 2 rings (SSSR count). The van der Waals surface area contributed by atoms with Gasteiger partial charge in [0, 0.05) is 43.7 Å². The summed E-state index contributed by atoms with van der Waals surface area (Å²) in [4.78, 5) is 29.1. The van der Waals surface area contributed by atoms with Crippen LogP contribution in [0.25, 0.3) is 6.08 Å². The Hall–Kier alpha value is -1.73. The predicted molar refractivity (Wildman–Crippen MR) is 76.2 cm³/mol. The zero-order valence-electron chi connectivity index (χ0n) is 11.1. The molecule has 20 heavy (non-hydrogen) atoms. The molecule has 1 N–H and O–H groups in total. The monoisotopic (exact) mass is 295 g/mol. The summed E-state index contributed by atoms with van der Waals surface area (Å²) >= 11 is 1.46. The van der Waals surface area contributed by atoms with Crippen molar-refractivity contribution >= 4 is 29.2 Å². The Balaban J connectivity index is 1.64. The molecule has 1 saturated heterocycles. The summed E-state index contributed by atoms with van der Waals surface area (Å²) in [5.41, 5.74) is 0. The third kappa shape index (κ3) is 4.75. The first-order chi connectivity index (χ1) is 9.75. The summed E-state index contributed by atoms with van der Waals surface area (Å²) in [6.45, 7) is 2.80. The number of aromatic nitrogens is 1. The number of carbonyl (C=O) groups excluding carboxylic acids is 2. The molecule has 0 saturated carbocycles. The molecule has 2 amide bonds. The van der Waals surface area contributed by atoms with Gasteiger partial charge in [0.1, 0.15) is 5.01 Å². The Morgan fingerprint density at radius 1 is 1.45 bits per heavy atom. The molecule has 1 aliphatic rings. The maximum atomic E-state index is 11.8. The summed E-state index contributed by atoms with van der Waals surface area (Å²) in [5.74, 6) is -0.160. The maximum absolute atomic E-state index is 11.8. The van der Waals surface area contributed by atoms with Crippen molar-refractivity contribution in [2.75, 3.05) is 32.8 Å². The van der Waals surface area contributed by atoms with Gasteiger partial charge in [-0.15, -0.1) is 11.3 Å². The minimum absolute atomic E-state index is 0.0532. The summed E-state index contributed by atoms with van der Waals surface area (Å²) in [6, 6.07) is 0. The van der Waals surface area contributed by atoms with E-state index in [2.05, 4.69) is 10.3 Å². The molecule has 7 heteroatoms. The number of carbonyl (C=O) groups is 2. The van der Waals surface area contributed by atoms with Crippen molar-refractivity contribution in [2.24, 2.45) is 0 Å². The fourth-order valence-corrected chi connectivity index (χ4v) is 2.32. The number of nitrogens with one attached hydrogen (secondary N) is 1. The lowest BCUT2D eigenvalue weighted by Gasteiger charge is -2.26. The van der Waals surface area contributed by atoms with Crippen molar-refractivity contribution in [1.82, 2.24) is 15.2 Å². The Labute approximate surface area is 121 Å². The Morgan fingerprint density at radius 2 is 2.25 bits per heavy atom. The zero-order chi connectivity index (χ0) is 14.2. The predicted octanol–water partition coefficient (Wildman–Crippen LogP) is 0.521. The van der Waals surface area contributed by atoms with Crippen LogP contribution in [0, 0.1) is 0 Å². The van der Waals surface area contributed by atoms with E-state index in [-0.39, 0.29) is 11.8 Å². The van der Waals surface area contributed by atoms with Crippen LogP contribution in [0.5, 0.6) is 0 Å². The summed E-state index contributed by atoms with van der Waals surface area (Å²) < 4.78 is 5.18. The molecule has 0 atom stereocenters. The van der Waals surface area contributed by atoms with Crippen molar-refractivity contribution in [1.29, 1.82) is 0 Å². The number of morpholine rings is 1. The smallest absolute Gasteiger partial charge is 0.244 e. The van der Waals surface area contributed by atoms with Gasteiger partial charge in [-0.1, -0.05) is 0 Å². The van der Waals surface area contributed by atoms with Crippen molar-refractivity contribution in [3.05, 3.63) is 22.7 Å². The number of nitrogens with zero attached hydrogens (tertiary/aromatic N) is 2. The van der Waals surface area contributed by atoms with Crippen LogP contribution < -0.4 is 5.32 Å². The van der Waals surface area contributed by atoms with Crippen LogP contribution in [-0.4, -0.2) is 54.5 Å². The lowest BCUT2D eigenvalue weighted by molar-refractivity contribution is -0.135. The van der Waals surface area contributed by atoms with Crippen molar-refractivity contribution in [3.63, 3.8) is 0 Å². The van der Waals surface area contributed by atoms with Crippen molar-refractivity contribution in [2.45, 2.75) is 6.42 Å². The maximum Gasteiger partial charge on any atom is 0.244 e. The molecule has 0 spiro atoms. The van der Waals surface area contributed by atoms with Crippen molar-refractivity contribution in [3.8, 4) is 0 Å². The number of amides is 2. The van der Waals surface area contributed by atoms with Crippen LogP contribution in [0.2, 0.25) is 0 Å². The summed E-state index contributed by atoms with van der Waals surface area (Å²) in [5, 5.41) is 5.32. The van der Waals surface area contributed by atoms with Crippen LogP contribution in [0.4, 0.5) is 0 Å².